The van der Waals surface area contributed by atoms with Gasteiger partial charge in [-0.25, -0.2) is 0 Å². The van der Waals surface area contributed by atoms with Crippen molar-refractivity contribution in [2.24, 2.45) is 0 Å². The first-order valence-corrected chi connectivity index (χ1v) is 8.71. The largest absolute Gasteiger partial charge is 0.495 e. The number of benzene rings is 2. The fraction of sp³-hybridized carbons (Fsp3) is 0.200. The van der Waals surface area contributed by atoms with Crippen LogP contribution >= 0.6 is 11.6 Å². The van der Waals surface area contributed by atoms with Gasteiger partial charge in [-0.2, -0.15) is 0 Å². The van der Waals surface area contributed by atoms with Gasteiger partial charge in [-0.3, -0.25) is 4.79 Å². The predicted octanol–water partition coefficient (Wildman–Crippen LogP) is 4.48. The Balaban J connectivity index is 1.74. The van der Waals surface area contributed by atoms with Gasteiger partial charge in [-0.15, -0.1) is 0 Å². The third-order valence-electron chi connectivity index (χ3n) is 4.55. The molecule has 0 N–H and O–H groups in total. The molecule has 0 saturated heterocycles. The van der Waals surface area contributed by atoms with Crippen LogP contribution in [-0.2, 0) is 6.61 Å². The highest BCUT2D eigenvalue weighted by Crippen LogP contribution is 2.40. The first-order chi connectivity index (χ1) is 13.0. The summed E-state index contributed by atoms with van der Waals surface area (Å²) in [5, 5.41) is 4.53. The zero-order chi connectivity index (χ0) is 19.1. The molecule has 138 valence electrons. The van der Waals surface area contributed by atoms with Crippen LogP contribution in [0.4, 0.5) is 5.69 Å². The zero-order valence-electron chi connectivity index (χ0n) is 15.1. The number of anilines is 1. The number of halogens is 1. The van der Waals surface area contributed by atoms with E-state index in [2.05, 4.69) is 5.16 Å². The lowest BCUT2D eigenvalue weighted by molar-refractivity contribution is 0.0981. The van der Waals surface area contributed by atoms with Gasteiger partial charge in [0, 0.05) is 12.1 Å². The van der Waals surface area contributed by atoms with Crippen molar-refractivity contribution in [2.75, 3.05) is 19.1 Å². The molecule has 2 heterocycles. The van der Waals surface area contributed by atoms with Crippen molar-refractivity contribution >= 4 is 23.2 Å². The highest BCUT2D eigenvalue weighted by Gasteiger charge is 2.31. The molecule has 0 fully saturated rings. The molecule has 6 nitrogen and oxygen atoms in total. The van der Waals surface area contributed by atoms with E-state index in [0.717, 1.165) is 11.1 Å². The lowest BCUT2D eigenvalue weighted by Crippen LogP contribution is -2.28. The molecule has 1 amide bonds. The molecule has 0 bridgehead atoms. The molecule has 0 radical (unpaired) electrons. The zero-order valence-corrected chi connectivity index (χ0v) is 15.8. The van der Waals surface area contributed by atoms with Gasteiger partial charge >= 0.3 is 0 Å². The Morgan fingerprint density at radius 2 is 2.07 bits per heavy atom. The number of fused-ring (bicyclic) bond motifs is 3. The molecule has 1 aliphatic rings. The number of methoxy groups -OCH3 is 1. The molecule has 2 aromatic carbocycles. The summed E-state index contributed by atoms with van der Waals surface area (Å²) in [5.74, 6) is 1.48. The van der Waals surface area contributed by atoms with Crippen LogP contribution in [0.25, 0.3) is 11.3 Å². The number of rotatable bonds is 3. The topological polar surface area (TPSA) is 64.8 Å². The summed E-state index contributed by atoms with van der Waals surface area (Å²) in [6.07, 6.45) is 0. The van der Waals surface area contributed by atoms with Crippen molar-refractivity contribution in [3.05, 3.63) is 58.2 Å². The Hall–Kier alpha value is -2.99. The Bertz CT molecular complexity index is 1040. The SMILES string of the molecule is COc1ccc(Cl)cc1N(C)C(=O)c1noc2c1COc1ccc(C)cc1-2. The van der Waals surface area contributed by atoms with E-state index in [1.807, 2.05) is 25.1 Å². The van der Waals surface area contributed by atoms with Gasteiger partial charge in [0.25, 0.3) is 5.91 Å². The molecule has 1 aromatic heterocycles. The maximum Gasteiger partial charge on any atom is 0.280 e. The van der Waals surface area contributed by atoms with Crippen LogP contribution < -0.4 is 14.4 Å². The van der Waals surface area contributed by atoms with Crippen molar-refractivity contribution in [3.8, 4) is 22.8 Å². The van der Waals surface area contributed by atoms with Crippen LogP contribution in [0.1, 0.15) is 21.6 Å². The van der Waals surface area contributed by atoms with Crippen LogP contribution in [0.5, 0.6) is 11.5 Å². The monoisotopic (exact) mass is 384 g/mol. The third-order valence-corrected chi connectivity index (χ3v) is 4.78. The van der Waals surface area contributed by atoms with E-state index in [-0.39, 0.29) is 18.2 Å². The van der Waals surface area contributed by atoms with Crippen LogP contribution in [0.15, 0.2) is 40.9 Å². The standard InChI is InChI=1S/C20H17ClN2O4/c1-11-4-6-16-13(8-11)19-14(10-26-16)18(22-27-19)20(24)23(2)15-9-12(21)5-7-17(15)25-3/h4-9H,10H2,1-3H3. The van der Waals surface area contributed by atoms with Crippen LogP contribution in [0, 0.1) is 6.92 Å². The number of hydrogen-bond donors (Lipinski definition) is 0. The first-order valence-electron chi connectivity index (χ1n) is 8.33. The Kier molecular flexibility index (Phi) is 4.28. The number of aryl methyl sites for hydroxylation is 1. The highest BCUT2D eigenvalue weighted by molar-refractivity contribution is 6.31. The second kappa shape index (κ2) is 6.63. The van der Waals surface area contributed by atoms with Crippen molar-refractivity contribution in [3.63, 3.8) is 0 Å². The number of carbonyl (C=O) groups is 1. The number of ether oxygens (including phenoxy) is 2. The minimum Gasteiger partial charge on any atom is -0.495 e. The van der Waals surface area contributed by atoms with Gasteiger partial charge < -0.3 is 18.9 Å². The average molecular weight is 385 g/mol. The van der Waals surface area contributed by atoms with E-state index < -0.39 is 0 Å². The normalized spacial score (nSPS) is 12.0. The van der Waals surface area contributed by atoms with Gasteiger partial charge in [-0.1, -0.05) is 28.4 Å². The molecular weight excluding hydrogens is 368 g/mol. The highest BCUT2D eigenvalue weighted by atomic mass is 35.5. The van der Waals surface area contributed by atoms with Gasteiger partial charge in [0.15, 0.2) is 11.5 Å². The van der Waals surface area contributed by atoms with Crippen LogP contribution in [-0.4, -0.2) is 25.2 Å². The number of amides is 1. The summed E-state index contributed by atoms with van der Waals surface area (Å²) >= 11 is 6.09. The molecule has 1 aliphatic heterocycles. The van der Waals surface area contributed by atoms with Gasteiger partial charge in [0.1, 0.15) is 18.1 Å². The summed E-state index contributed by atoms with van der Waals surface area (Å²) < 4.78 is 16.6. The maximum atomic E-state index is 13.1. The van der Waals surface area contributed by atoms with Crippen molar-refractivity contribution in [1.82, 2.24) is 5.16 Å². The van der Waals surface area contributed by atoms with Gasteiger partial charge in [0.05, 0.1) is 23.9 Å². The Morgan fingerprint density at radius 3 is 2.85 bits per heavy atom. The summed E-state index contributed by atoms with van der Waals surface area (Å²) in [7, 11) is 3.18. The fourth-order valence-corrected chi connectivity index (χ4v) is 3.28. The summed E-state index contributed by atoms with van der Waals surface area (Å²) in [5.41, 5.74) is 3.24. The molecule has 0 aliphatic carbocycles. The van der Waals surface area contributed by atoms with E-state index >= 15 is 0 Å². The van der Waals surface area contributed by atoms with Crippen molar-refractivity contribution < 1.29 is 18.8 Å². The predicted molar refractivity (Wildman–Crippen MR) is 102 cm³/mol. The second-order valence-electron chi connectivity index (χ2n) is 6.31. The summed E-state index contributed by atoms with van der Waals surface area (Å²) in [6, 6.07) is 10.9. The molecule has 0 atom stereocenters. The van der Waals surface area contributed by atoms with E-state index in [1.54, 1.807) is 25.2 Å². The van der Waals surface area contributed by atoms with Crippen molar-refractivity contribution in [1.29, 1.82) is 0 Å². The average Bonchev–Trinajstić information content (AvgIpc) is 3.11. The molecule has 0 unspecified atom stereocenters. The first kappa shape index (κ1) is 17.4. The summed E-state index contributed by atoms with van der Waals surface area (Å²) in [4.78, 5) is 14.5. The molecule has 3 aromatic rings. The smallest absolute Gasteiger partial charge is 0.280 e. The van der Waals surface area contributed by atoms with Gasteiger partial charge in [-0.05, 0) is 37.3 Å². The summed E-state index contributed by atoms with van der Waals surface area (Å²) in [6.45, 7) is 2.20. The van der Waals surface area contributed by atoms with Gasteiger partial charge in [0.2, 0.25) is 0 Å². The molecular formula is C20H17ClN2O4. The lowest BCUT2D eigenvalue weighted by Gasteiger charge is -2.21. The fourth-order valence-electron chi connectivity index (χ4n) is 3.11. The van der Waals surface area contributed by atoms with E-state index in [4.69, 9.17) is 25.6 Å². The van der Waals surface area contributed by atoms with Crippen LogP contribution in [0.3, 0.4) is 0 Å². The quantitative estimate of drug-likeness (QED) is 0.666. The third kappa shape index (κ3) is 2.92. The van der Waals surface area contributed by atoms with E-state index in [9.17, 15) is 4.79 Å². The molecule has 7 heteroatoms. The van der Waals surface area contributed by atoms with E-state index in [1.165, 1.54) is 12.0 Å². The lowest BCUT2D eigenvalue weighted by atomic mass is 10.0. The molecule has 27 heavy (non-hydrogen) atoms. The Labute approximate surface area is 161 Å². The van der Waals surface area contributed by atoms with Crippen molar-refractivity contribution in [2.45, 2.75) is 13.5 Å². The molecule has 4 rings (SSSR count). The minimum atomic E-state index is -0.333. The number of nitrogens with zero attached hydrogens (tertiary/aromatic N) is 2. The maximum absolute atomic E-state index is 13.1. The van der Waals surface area contributed by atoms with Crippen LogP contribution in [0.2, 0.25) is 5.02 Å². The number of aromatic nitrogens is 1. The molecule has 0 spiro atoms. The number of hydrogen-bond acceptors (Lipinski definition) is 5. The Morgan fingerprint density at radius 1 is 1.26 bits per heavy atom. The minimum absolute atomic E-state index is 0.210. The number of carbonyl (C=O) groups excluding carboxylic acids is 1. The molecule has 0 saturated carbocycles. The van der Waals surface area contributed by atoms with E-state index in [0.29, 0.717) is 33.5 Å². The second-order valence-corrected chi connectivity index (χ2v) is 6.74.